The molecule has 1 aromatic rings. The average molecular weight is 223 g/mol. The van der Waals surface area contributed by atoms with E-state index < -0.39 is 0 Å². The van der Waals surface area contributed by atoms with Crippen molar-refractivity contribution in [2.45, 2.75) is 66.0 Å². The number of anilines is 1. The van der Waals surface area contributed by atoms with Gasteiger partial charge in [0.2, 0.25) is 5.95 Å². The van der Waals surface area contributed by atoms with Gasteiger partial charge < -0.3 is 9.88 Å². The van der Waals surface area contributed by atoms with Crippen molar-refractivity contribution in [3.63, 3.8) is 0 Å². The van der Waals surface area contributed by atoms with Crippen LogP contribution in [-0.2, 0) is 6.54 Å². The quantitative estimate of drug-likeness (QED) is 0.798. The van der Waals surface area contributed by atoms with Gasteiger partial charge in [-0.15, -0.1) is 0 Å². The van der Waals surface area contributed by atoms with Gasteiger partial charge in [0, 0.05) is 18.3 Å². The number of nitrogens with zero attached hydrogens (tertiary/aromatic N) is 2. The second-order valence-corrected chi connectivity index (χ2v) is 5.12. The number of imidazole rings is 1. The van der Waals surface area contributed by atoms with Gasteiger partial charge in [-0.3, -0.25) is 0 Å². The molecule has 0 aliphatic rings. The van der Waals surface area contributed by atoms with Gasteiger partial charge >= 0.3 is 0 Å². The summed E-state index contributed by atoms with van der Waals surface area (Å²) in [6.07, 6.45) is 5.64. The predicted octanol–water partition coefficient (Wildman–Crippen LogP) is 3.59. The molecule has 0 saturated heterocycles. The van der Waals surface area contributed by atoms with Crippen LogP contribution in [0.1, 0.15) is 52.7 Å². The highest BCUT2D eigenvalue weighted by Gasteiger charge is 2.17. The highest BCUT2D eigenvalue weighted by atomic mass is 15.2. The van der Waals surface area contributed by atoms with Crippen molar-refractivity contribution >= 4 is 5.95 Å². The summed E-state index contributed by atoms with van der Waals surface area (Å²) in [5.41, 5.74) is 1.20. The minimum atomic E-state index is 0.113. The third kappa shape index (κ3) is 3.54. The molecule has 0 unspecified atom stereocenters. The van der Waals surface area contributed by atoms with E-state index in [0.717, 1.165) is 24.6 Å². The minimum absolute atomic E-state index is 0.113. The molecule has 0 aromatic carbocycles. The molecule has 92 valence electrons. The van der Waals surface area contributed by atoms with E-state index in [1.807, 2.05) is 6.92 Å². The van der Waals surface area contributed by atoms with Crippen molar-refractivity contribution in [2.75, 3.05) is 5.32 Å². The van der Waals surface area contributed by atoms with Gasteiger partial charge in [-0.25, -0.2) is 4.98 Å². The number of rotatable bonds is 6. The normalized spacial score (nSPS) is 11.8. The molecular weight excluding hydrogens is 198 g/mol. The first kappa shape index (κ1) is 13.1. The largest absolute Gasteiger partial charge is 0.351 e. The number of unbranched alkanes of at least 4 members (excludes halogenated alkanes) is 1. The van der Waals surface area contributed by atoms with E-state index >= 15 is 0 Å². The van der Waals surface area contributed by atoms with Crippen LogP contribution >= 0.6 is 0 Å². The van der Waals surface area contributed by atoms with Crippen molar-refractivity contribution in [2.24, 2.45) is 0 Å². The maximum absolute atomic E-state index is 4.55. The number of nitrogens with one attached hydrogen (secondary N) is 1. The molecule has 0 atom stereocenters. The van der Waals surface area contributed by atoms with E-state index in [1.54, 1.807) is 0 Å². The van der Waals surface area contributed by atoms with Crippen LogP contribution in [0.2, 0.25) is 0 Å². The van der Waals surface area contributed by atoms with Crippen LogP contribution in [0.3, 0.4) is 0 Å². The Hall–Kier alpha value is -0.990. The Morgan fingerprint density at radius 2 is 2.06 bits per heavy atom. The van der Waals surface area contributed by atoms with E-state index in [9.17, 15) is 0 Å². The molecule has 0 fully saturated rings. The molecule has 0 radical (unpaired) electrons. The minimum Gasteiger partial charge on any atom is -0.351 e. The maximum atomic E-state index is 4.55. The van der Waals surface area contributed by atoms with Crippen molar-refractivity contribution in [1.29, 1.82) is 0 Å². The highest BCUT2D eigenvalue weighted by Crippen LogP contribution is 2.18. The Morgan fingerprint density at radius 1 is 1.38 bits per heavy atom. The molecule has 1 N–H and O–H groups in total. The fraction of sp³-hybridized carbons (Fsp3) is 0.769. The Balaban J connectivity index is 2.78. The van der Waals surface area contributed by atoms with Gasteiger partial charge in [-0.2, -0.15) is 0 Å². The summed E-state index contributed by atoms with van der Waals surface area (Å²) < 4.78 is 2.23. The predicted molar refractivity (Wildman–Crippen MR) is 69.9 cm³/mol. The lowest BCUT2D eigenvalue weighted by Gasteiger charge is -2.25. The van der Waals surface area contributed by atoms with Gasteiger partial charge in [0.05, 0.1) is 5.69 Å². The lowest BCUT2D eigenvalue weighted by molar-refractivity contribution is 0.531. The molecule has 1 rings (SSSR count). The van der Waals surface area contributed by atoms with Crippen molar-refractivity contribution in [3.05, 3.63) is 11.9 Å². The third-order valence-corrected chi connectivity index (χ3v) is 2.98. The molecular formula is C13H25N3. The van der Waals surface area contributed by atoms with E-state index in [1.165, 1.54) is 12.8 Å². The first-order chi connectivity index (χ1) is 7.48. The van der Waals surface area contributed by atoms with E-state index in [0.29, 0.717) is 0 Å². The Bertz CT molecular complexity index is 326. The zero-order valence-electron chi connectivity index (χ0n) is 11.3. The molecule has 0 amide bonds. The lowest BCUT2D eigenvalue weighted by Crippen LogP contribution is -2.31. The molecule has 1 aromatic heterocycles. The summed E-state index contributed by atoms with van der Waals surface area (Å²) in [5.74, 6) is 1.01. The average Bonchev–Trinajstić information content (AvgIpc) is 2.55. The van der Waals surface area contributed by atoms with Gasteiger partial charge in [0.25, 0.3) is 0 Å². The molecule has 3 nitrogen and oxygen atoms in total. The maximum Gasteiger partial charge on any atom is 0.203 e. The molecule has 0 saturated carbocycles. The van der Waals surface area contributed by atoms with Crippen molar-refractivity contribution in [3.8, 4) is 0 Å². The summed E-state index contributed by atoms with van der Waals surface area (Å²) in [7, 11) is 0. The SMILES string of the molecule is CCCCn1cc(C)nc1NC(C)(C)CC. The Kier molecular flexibility index (Phi) is 4.39. The lowest BCUT2D eigenvalue weighted by atomic mass is 10.0. The molecule has 0 spiro atoms. The second-order valence-electron chi connectivity index (χ2n) is 5.12. The Labute approximate surface area is 99.3 Å². The van der Waals surface area contributed by atoms with E-state index in [2.05, 4.69) is 48.8 Å². The van der Waals surface area contributed by atoms with Crippen LogP contribution in [0.5, 0.6) is 0 Å². The standard InChI is InChI=1S/C13H25N3/c1-6-8-9-16-10-11(3)14-12(16)15-13(4,5)7-2/h10H,6-9H2,1-5H3,(H,14,15). The zero-order chi connectivity index (χ0) is 12.2. The summed E-state index contributed by atoms with van der Waals surface area (Å²) in [5, 5.41) is 3.52. The van der Waals surface area contributed by atoms with Gasteiger partial charge in [-0.1, -0.05) is 20.3 Å². The first-order valence-corrected chi connectivity index (χ1v) is 6.30. The molecule has 0 aliphatic carbocycles. The zero-order valence-corrected chi connectivity index (χ0v) is 11.3. The molecule has 1 heterocycles. The van der Waals surface area contributed by atoms with Crippen LogP contribution in [0.4, 0.5) is 5.95 Å². The highest BCUT2D eigenvalue weighted by molar-refractivity contribution is 5.32. The topological polar surface area (TPSA) is 29.9 Å². The molecule has 0 bridgehead atoms. The van der Waals surface area contributed by atoms with Crippen LogP contribution < -0.4 is 5.32 Å². The fourth-order valence-corrected chi connectivity index (χ4v) is 1.54. The van der Waals surface area contributed by atoms with Crippen LogP contribution in [0.25, 0.3) is 0 Å². The summed E-state index contributed by atoms with van der Waals surface area (Å²) >= 11 is 0. The number of hydrogen-bond donors (Lipinski definition) is 1. The monoisotopic (exact) mass is 223 g/mol. The summed E-state index contributed by atoms with van der Waals surface area (Å²) in [6.45, 7) is 11.9. The fourth-order valence-electron chi connectivity index (χ4n) is 1.54. The van der Waals surface area contributed by atoms with Gasteiger partial charge in [0.15, 0.2) is 0 Å². The van der Waals surface area contributed by atoms with E-state index in [-0.39, 0.29) is 5.54 Å². The number of aromatic nitrogens is 2. The third-order valence-electron chi connectivity index (χ3n) is 2.98. The first-order valence-electron chi connectivity index (χ1n) is 6.30. The summed E-state index contributed by atoms with van der Waals surface area (Å²) in [4.78, 5) is 4.55. The van der Waals surface area contributed by atoms with E-state index in [4.69, 9.17) is 0 Å². The van der Waals surface area contributed by atoms with Crippen molar-refractivity contribution in [1.82, 2.24) is 9.55 Å². The number of aryl methyl sites for hydroxylation is 2. The second kappa shape index (κ2) is 5.37. The summed E-state index contributed by atoms with van der Waals surface area (Å²) in [6, 6.07) is 0. The van der Waals surface area contributed by atoms with Gasteiger partial charge in [0.1, 0.15) is 0 Å². The van der Waals surface area contributed by atoms with Crippen LogP contribution in [0.15, 0.2) is 6.20 Å². The molecule has 16 heavy (non-hydrogen) atoms. The molecule has 0 aliphatic heterocycles. The van der Waals surface area contributed by atoms with Crippen LogP contribution in [-0.4, -0.2) is 15.1 Å². The molecule has 3 heteroatoms. The number of hydrogen-bond acceptors (Lipinski definition) is 2. The van der Waals surface area contributed by atoms with Crippen molar-refractivity contribution < 1.29 is 0 Å². The van der Waals surface area contributed by atoms with Gasteiger partial charge in [-0.05, 0) is 33.6 Å². The van der Waals surface area contributed by atoms with Crippen LogP contribution in [0, 0.1) is 6.92 Å². The Morgan fingerprint density at radius 3 is 2.62 bits per heavy atom. The smallest absolute Gasteiger partial charge is 0.203 e.